The van der Waals surface area contributed by atoms with Crippen LogP contribution in [0.25, 0.3) is 0 Å². The predicted octanol–water partition coefficient (Wildman–Crippen LogP) is 5.58. The van der Waals surface area contributed by atoms with E-state index in [0.717, 1.165) is 11.9 Å². The van der Waals surface area contributed by atoms with E-state index in [1.54, 1.807) is 0 Å². The fraction of sp³-hybridized carbons (Fsp3) is 0.111. The summed E-state index contributed by atoms with van der Waals surface area (Å²) in [5.74, 6) is 0.930. The molecule has 1 nitrogen and oxygen atoms in total. The van der Waals surface area contributed by atoms with Crippen LogP contribution < -0.4 is 20.7 Å². The molecule has 2 heteroatoms. The van der Waals surface area contributed by atoms with E-state index in [1.807, 2.05) is 6.92 Å². The third-order valence-corrected chi connectivity index (χ3v) is 9.62. The maximum Gasteiger partial charge on any atom is 0.119 e. The molecule has 4 rings (SSSR count). The molecule has 0 fully saturated rings. The van der Waals surface area contributed by atoms with Gasteiger partial charge in [0.2, 0.25) is 0 Å². The summed E-state index contributed by atoms with van der Waals surface area (Å²) in [5, 5.41) is 4.23. The van der Waals surface area contributed by atoms with E-state index in [2.05, 4.69) is 115 Å². The van der Waals surface area contributed by atoms with E-state index >= 15 is 0 Å². The van der Waals surface area contributed by atoms with E-state index in [0.29, 0.717) is 6.61 Å². The molecule has 0 unspecified atom stereocenters. The van der Waals surface area contributed by atoms with E-state index in [-0.39, 0.29) is 0 Å². The van der Waals surface area contributed by atoms with Crippen molar-refractivity contribution in [2.45, 2.75) is 13.1 Å². The fourth-order valence-electron chi connectivity index (χ4n) is 3.90. The van der Waals surface area contributed by atoms with Gasteiger partial charge in [0.15, 0.2) is 0 Å². The van der Waals surface area contributed by atoms with Gasteiger partial charge in [-0.1, -0.05) is 66.7 Å². The van der Waals surface area contributed by atoms with Crippen LogP contribution in [0.5, 0.6) is 5.75 Å². The highest BCUT2D eigenvalue weighted by atomic mass is 31.2. The molecule has 0 amide bonds. The van der Waals surface area contributed by atoms with Crippen LogP contribution in [-0.2, 0) is 6.16 Å². The van der Waals surface area contributed by atoms with Gasteiger partial charge in [-0.3, -0.25) is 0 Å². The second kappa shape index (κ2) is 9.07. The Kier molecular flexibility index (Phi) is 6.08. The van der Waals surface area contributed by atoms with Crippen molar-refractivity contribution in [3.05, 3.63) is 121 Å². The summed E-state index contributed by atoms with van der Waals surface area (Å²) in [6.07, 6.45) is 0.984. The topological polar surface area (TPSA) is 9.23 Å². The van der Waals surface area contributed by atoms with Crippen molar-refractivity contribution < 1.29 is 4.74 Å². The van der Waals surface area contributed by atoms with Crippen molar-refractivity contribution >= 4 is 23.2 Å². The van der Waals surface area contributed by atoms with Crippen LogP contribution in [0.3, 0.4) is 0 Å². The van der Waals surface area contributed by atoms with Crippen molar-refractivity contribution in [1.29, 1.82) is 0 Å². The van der Waals surface area contributed by atoms with E-state index in [1.165, 1.54) is 21.5 Å². The van der Waals surface area contributed by atoms with Gasteiger partial charge in [0, 0.05) is 0 Å². The largest absolute Gasteiger partial charge is 0.494 e. The Bertz CT molecular complexity index is 916. The first-order chi connectivity index (χ1) is 14.3. The third kappa shape index (κ3) is 4.11. The average Bonchev–Trinajstić information content (AvgIpc) is 2.80. The van der Waals surface area contributed by atoms with Crippen LogP contribution in [0.15, 0.2) is 115 Å². The molecule has 0 heterocycles. The zero-order valence-electron chi connectivity index (χ0n) is 16.7. The van der Waals surface area contributed by atoms with E-state index < -0.39 is 7.26 Å². The van der Waals surface area contributed by atoms with Crippen LogP contribution in [0, 0.1) is 0 Å². The first-order valence-electron chi connectivity index (χ1n) is 10.1. The van der Waals surface area contributed by atoms with Gasteiger partial charge in [-0.05, 0) is 61.0 Å². The minimum Gasteiger partial charge on any atom is -0.494 e. The Hall–Kier alpha value is -2.89. The van der Waals surface area contributed by atoms with Gasteiger partial charge in [0.05, 0.1) is 12.8 Å². The second-order valence-electron chi connectivity index (χ2n) is 7.05. The highest BCUT2D eigenvalue weighted by Gasteiger charge is 2.45. The molecule has 0 atom stereocenters. The monoisotopic (exact) mass is 397 g/mol. The molecular formula is C27H26OP+. The molecule has 4 aromatic rings. The molecule has 0 aliphatic carbocycles. The minimum atomic E-state index is -1.85. The average molecular weight is 397 g/mol. The normalized spacial score (nSPS) is 11.2. The van der Waals surface area contributed by atoms with Gasteiger partial charge in [-0.2, -0.15) is 0 Å². The molecule has 0 bridgehead atoms. The number of hydrogen-bond acceptors (Lipinski definition) is 1. The predicted molar refractivity (Wildman–Crippen MR) is 126 cm³/mol. The lowest BCUT2D eigenvalue weighted by atomic mass is 10.2. The molecule has 0 saturated heterocycles. The Morgan fingerprint density at radius 2 is 0.966 bits per heavy atom. The molecule has 29 heavy (non-hydrogen) atoms. The zero-order chi connectivity index (χ0) is 19.9. The summed E-state index contributed by atoms with van der Waals surface area (Å²) < 4.78 is 5.65. The molecule has 0 saturated carbocycles. The SMILES string of the molecule is CCOc1ccc(C[P+](c2ccccc2)(c2ccccc2)c2ccccc2)cc1. The molecule has 0 spiro atoms. The Morgan fingerprint density at radius 3 is 1.34 bits per heavy atom. The molecule has 0 N–H and O–H groups in total. The molecule has 0 aliphatic rings. The smallest absolute Gasteiger partial charge is 0.119 e. The lowest BCUT2D eigenvalue weighted by Crippen LogP contribution is -2.32. The van der Waals surface area contributed by atoms with Crippen LogP contribution in [0.4, 0.5) is 0 Å². The lowest BCUT2D eigenvalue weighted by Gasteiger charge is -2.28. The van der Waals surface area contributed by atoms with Gasteiger partial charge >= 0.3 is 0 Å². The van der Waals surface area contributed by atoms with Gasteiger partial charge in [-0.25, -0.2) is 0 Å². The fourth-order valence-corrected chi connectivity index (χ4v) is 8.14. The summed E-state index contributed by atoms with van der Waals surface area (Å²) >= 11 is 0. The van der Waals surface area contributed by atoms with Gasteiger partial charge in [-0.15, -0.1) is 0 Å². The van der Waals surface area contributed by atoms with Crippen LogP contribution in [-0.4, -0.2) is 6.61 Å². The van der Waals surface area contributed by atoms with Crippen molar-refractivity contribution in [1.82, 2.24) is 0 Å². The maximum atomic E-state index is 5.65. The zero-order valence-corrected chi connectivity index (χ0v) is 17.6. The summed E-state index contributed by atoms with van der Waals surface area (Å²) in [7, 11) is -1.85. The Morgan fingerprint density at radius 1 is 0.552 bits per heavy atom. The maximum absolute atomic E-state index is 5.65. The Balaban J connectivity index is 1.90. The van der Waals surface area contributed by atoms with E-state index in [4.69, 9.17) is 4.74 Å². The molecule has 144 valence electrons. The molecule has 4 aromatic carbocycles. The summed E-state index contributed by atoms with van der Waals surface area (Å²) in [6.45, 7) is 2.71. The van der Waals surface area contributed by atoms with Gasteiger partial charge in [0.1, 0.15) is 28.9 Å². The standard InChI is InChI=1S/C27H26OP/c1-2-28-24-20-18-23(19-21-24)22-29(25-12-6-3-7-13-25,26-14-8-4-9-15-26)27-16-10-5-11-17-27/h3-21H,2,22H2,1H3/q+1. The summed E-state index contributed by atoms with van der Waals surface area (Å²) in [5.41, 5.74) is 1.33. The number of benzene rings is 4. The van der Waals surface area contributed by atoms with Crippen molar-refractivity contribution in [3.8, 4) is 5.75 Å². The summed E-state index contributed by atoms with van der Waals surface area (Å²) in [4.78, 5) is 0. The minimum absolute atomic E-state index is 0.689. The lowest BCUT2D eigenvalue weighted by molar-refractivity contribution is 0.340. The van der Waals surface area contributed by atoms with Crippen LogP contribution >= 0.6 is 7.26 Å². The number of hydrogen-bond donors (Lipinski definition) is 0. The number of rotatable bonds is 7. The highest BCUT2D eigenvalue weighted by molar-refractivity contribution is 7.95. The molecule has 0 radical (unpaired) electrons. The first kappa shape index (κ1) is 19.4. The molecule has 0 aliphatic heterocycles. The third-order valence-electron chi connectivity index (χ3n) is 5.25. The number of ether oxygens (including phenoxy) is 1. The molecule has 0 aromatic heterocycles. The van der Waals surface area contributed by atoms with E-state index in [9.17, 15) is 0 Å². The van der Waals surface area contributed by atoms with Crippen molar-refractivity contribution in [3.63, 3.8) is 0 Å². The van der Waals surface area contributed by atoms with Gasteiger partial charge in [0.25, 0.3) is 0 Å². The van der Waals surface area contributed by atoms with Crippen LogP contribution in [0.1, 0.15) is 12.5 Å². The van der Waals surface area contributed by atoms with Crippen molar-refractivity contribution in [2.75, 3.05) is 6.61 Å². The first-order valence-corrected chi connectivity index (χ1v) is 12.1. The second-order valence-corrected chi connectivity index (χ2v) is 10.5. The highest BCUT2D eigenvalue weighted by Crippen LogP contribution is 2.58. The summed E-state index contributed by atoms with van der Waals surface area (Å²) in [6, 6.07) is 41.7. The van der Waals surface area contributed by atoms with Crippen molar-refractivity contribution in [2.24, 2.45) is 0 Å². The van der Waals surface area contributed by atoms with Gasteiger partial charge < -0.3 is 4.74 Å². The Labute approximate surface area is 174 Å². The van der Waals surface area contributed by atoms with Crippen LogP contribution in [0.2, 0.25) is 0 Å². The quantitative estimate of drug-likeness (QED) is 0.370. The molecular weight excluding hydrogens is 371 g/mol.